The van der Waals surface area contributed by atoms with E-state index in [1.54, 1.807) is 13.8 Å². The van der Waals surface area contributed by atoms with Crippen molar-refractivity contribution in [1.82, 2.24) is 4.90 Å². The standard InChI is InChI=1S/C25H29NO4/c1-4-29-23(27)25(24(28)30-5-2)22(19(3)21-14-10-7-11-15-21)16-17-26(25)18-20-12-8-6-9-13-20/h6-15H,4-5,16-18H2,1-3H3/b22-19+. The first-order chi connectivity index (χ1) is 14.6. The Morgan fingerprint density at radius 1 is 0.900 bits per heavy atom. The molecule has 3 rings (SSSR count). The third-order valence-electron chi connectivity index (χ3n) is 5.56. The number of nitrogens with zero attached hydrogens (tertiary/aromatic N) is 1. The number of ether oxygens (including phenoxy) is 2. The van der Waals surface area contributed by atoms with E-state index in [1.165, 1.54) is 0 Å². The quantitative estimate of drug-likeness (QED) is 0.508. The molecule has 0 aliphatic carbocycles. The fourth-order valence-corrected chi connectivity index (χ4v) is 4.17. The van der Waals surface area contributed by atoms with Gasteiger partial charge in [-0.1, -0.05) is 60.7 Å². The van der Waals surface area contributed by atoms with Crippen molar-refractivity contribution < 1.29 is 19.1 Å². The zero-order valence-corrected chi connectivity index (χ0v) is 17.9. The molecule has 0 amide bonds. The van der Waals surface area contributed by atoms with E-state index in [-0.39, 0.29) is 13.2 Å². The highest BCUT2D eigenvalue weighted by Crippen LogP contribution is 2.42. The molecule has 0 aromatic heterocycles. The number of benzene rings is 2. The predicted octanol–water partition coefficient (Wildman–Crippen LogP) is 4.23. The van der Waals surface area contributed by atoms with Crippen molar-refractivity contribution in [3.63, 3.8) is 0 Å². The number of hydrogen-bond donors (Lipinski definition) is 0. The van der Waals surface area contributed by atoms with Gasteiger partial charge in [0.15, 0.2) is 0 Å². The third kappa shape index (κ3) is 4.03. The Kier molecular flexibility index (Phi) is 7.06. The Hall–Kier alpha value is -2.92. The lowest BCUT2D eigenvalue weighted by atomic mass is 9.84. The van der Waals surface area contributed by atoms with Gasteiger partial charge in [-0.2, -0.15) is 0 Å². The van der Waals surface area contributed by atoms with Gasteiger partial charge in [0, 0.05) is 13.1 Å². The van der Waals surface area contributed by atoms with Crippen LogP contribution < -0.4 is 0 Å². The molecule has 1 heterocycles. The van der Waals surface area contributed by atoms with Crippen LogP contribution in [-0.4, -0.2) is 42.1 Å². The van der Waals surface area contributed by atoms with Crippen LogP contribution in [0.2, 0.25) is 0 Å². The molecule has 5 nitrogen and oxygen atoms in total. The predicted molar refractivity (Wildman–Crippen MR) is 117 cm³/mol. The van der Waals surface area contributed by atoms with Crippen molar-refractivity contribution in [2.75, 3.05) is 19.8 Å². The maximum absolute atomic E-state index is 13.4. The molecular formula is C25H29NO4. The Morgan fingerprint density at radius 2 is 1.43 bits per heavy atom. The molecule has 2 aromatic rings. The summed E-state index contributed by atoms with van der Waals surface area (Å²) in [6.45, 7) is 6.86. The lowest BCUT2D eigenvalue weighted by molar-refractivity contribution is -0.170. The smallest absolute Gasteiger partial charge is 0.342 e. The van der Waals surface area contributed by atoms with Crippen LogP contribution in [0.15, 0.2) is 66.2 Å². The molecule has 0 unspecified atom stereocenters. The van der Waals surface area contributed by atoms with Gasteiger partial charge in [0.05, 0.1) is 13.2 Å². The SMILES string of the molecule is CCOC(=O)C1(C(=O)OCC)/C(=C(\C)c2ccccc2)CCN1Cc1ccccc1. The number of hydrogen-bond acceptors (Lipinski definition) is 5. The van der Waals surface area contributed by atoms with Crippen LogP contribution >= 0.6 is 0 Å². The summed E-state index contributed by atoms with van der Waals surface area (Å²) >= 11 is 0. The lowest BCUT2D eigenvalue weighted by Crippen LogP contribution is -2.58. The second-order valence-electron chi connectivity index (χ2n) is 7.28. The Balaban J connectivity index is 2.18. The zero-order valence-electron chi connectivity index (χ0n) is 17.9. The van der Waals surface area contributed by atoms with Gasteiger partial charge in [0.25, 0.3) is 0 Å². The summed E-state index contributed by atoms with van der Waals surface area (Å²) < 4.78 is 10.9. The summed E-state index contributed by atoms with van der Waals surface area (Å²) in [6.07, 6.45) is 0.588. The van der Waals surface area contributed by atoms with E-state index in [9.17, 15) is 9.59 Å². The highest BCUT2D eigenvalue weighted by Gasteiger charge is 2.60. The molecule has 0 N–H and O–H groups in total. The molecule has 2 aromatic carbocycles. The van der Waals surface area contributed by atoms with E-state index in [0.717, 1.165) is 22.3 Å². The van der Waals surface area contributed by atoms with E-state index in [2.05, 4.69) is 0 Å². The molecule has 1 saturated heterocycles. The summed E-state index contributed by atoms with van der Waals surface area (Å²) in [7, 11) is 0. The number of carbonyl (C=O) groups excluding carboxylic acids is 2. The Morgan fingerprint density at radius 3 is 1.97 bits per heavy atom. The van der Waals surface area contributed by atoms with E-state index < -0.39 is 17.5 Å². The van der Waals surface area contributed by atoms with Gasteiger partial charge in [0.1, 0.15) is 0 Å². The van der Waals surface area contributed by atoms with Gasteiger partial charge in [-0.25, -0.2) is 9.59 Å². The summed E-state index contributed by atoms with van der Waals surface area (Å²) in [6, 6.07) is 19.7. The minimum atomic E-state index is -1.58. The molecule has 0 atom stereocenters. The summed E-state index contributed by atoms with van der Waals surface area (Å²) in [4.78, 5) is 28.8. The molecule has 0 radical (unpaired) electrons. The normalized spacial score (nSPS) is 17.4. The molecule has 0 saturated carbocycles. The number of rotatable bonds is 7. The van der Waals surface area contributed by atoms with Crippen molar-refractivity contribution >= 4 is 17.5 Å². The van der Waals surface area contributed by atoms with Crippen LogP contribution in [-0.2, 0) is 25.6 Å². The Bertz CT molecular complexity index is 887. The van der Waals surface area contributed by atoms with Crippen molar-refractivity contribution in [2.45, 2.75) is 39.3 Å². The topological polar surface area (TPSA) is 55.8 Å². The molecule has 0 spiro atoms. The molecule has 158 valence electrons. The summed E-state index contributed by atoms with van der Waals surface area (Å²) in [5, 5.41) is 0. The monoisotopic (exact) mass is 407 g/mol. The van der Waals surface area contributed by atoms with Crippen LogP contribution in [0.1, 0.15) is 38.3 Å². The van der Waals surface area contributed by atoms with Gasteiger partial charge in [-0.3, -0.25) is 4.90 Å². The fraction of sp³-hybridized carbons (Fsp3) is 0.360. The minimum absolute atomic E-state index is 0.191. The first-order valence-electron chi connectivity index (χ1n) is 10.4. The van der Waals surface area contributed by atoms with Gasteiger partial charge in [-0.15, -0.1) is 0 Å². The Labute approximate surface area is 178 Å². The maximum atomic E-state index is 13.4. The largest absolute Gasteiger partial charge is 0.464 e. The molecule has 1 aliphatic rings. The lowest BCUT2D eigenvalue weighted by Gasteiger charge is -2.35. The summed E-state index contributed by atoms with van der Waals surface area (Å²) in [5.41, 5.74) is 2.08. The van der Waals surface area contributed by atoms with Gasteiger partial charge < -0.3 is 9.47 Å². The average molecular weight is 408 g/mol. The van der Waals surface area contributed by atoms with Crippen molar-refractivity contribution in [3.8, 4) is 0 Å². The second kappa shape index (κ2) is 9.72. The van der Waals surface area contributed by atoms with E-state index in [4.69, 9.17) is 9.47 Å². The van der Waals surface area contributed by atoms with E-state index >= 15 is 0 Å². The van der Waals surface area contributed by atoms with Crippen molar-refractivity contribution in [3.05, 3.63) is 77.4 Å². The molecule has 5 heteroatoms. The molecule has 0 bridgehead atoms. The molecule has 30 heavy (non-hydrogen) atoms. The third-order valence-corrected chi connectivity index (χ3v) is 5.56. The fourth-order valence-electron chi connectivity index (χ4n) is 4.17. The highest BCUT2D eigenvalue weighted by molar-refractivity contribution is 6.11. The van der Waals surface area contributed by atoms with Gasteiger partial charge in [0.2, 0.25) is 5.54 Å². The number of allylic oxidation sites excluding steroid dienone is 1. The molecule has 1 aliphatic heterocycles. The van der Waals surface area contributed by atoms with E-state index in [0.29, 0.717) is 19.5 Å². The van der Waals surface area contributed by atoms with Crippen LogP contribution in [0.5, 0.6) is 0 Å². The number of carbonyl (C=O) groups is 2. The minimum Gasteiger partial charge on any atom is -0.464 e. The first-order valence-corrected chi connectivity index (χ1v) is 10.4. The first kappa shape index (κ1) is 21.8. The van der Waals surface area contributed by atoms with Crippen LogP contribution in [0.4, 0.5) is 0 Å². The highest BCUT2D eigenvalue weighted by atomic mass is 16.6. The van der Waals surface area contributed by atoms with Gasteiger partial charge in [-0.05, 0) is 49.5 Å². The average Bonchev–Trinajstić information content (AvgIpc) is 3.14. The maximum Gasteiger partial charge on any atom is 0.342 e. The molecular weight excluding hydrogens is 378 g/mol. The zero-order chi connectivity index (χ0) is 21.6. The second-order valence-corrected chi connectivity index (χ2v) is 7.28. The van der Waals surface area contributed by atoms with E-state index in [1.807, 2.05) is 72.5 Å². The van der Waals surface area contributed by atoms with Crippen LogP contribution in [0, 0.1) is 0 Å². The molecule has 1 fully saturated rings. The van der Waals surface area contributed by atoms with Gasteiger partial charge >= 0.3 is 11.9 Å². The number of likely N-dealkylation sites (tertiary alicyclic amines) is 1. The summed E-state index contributed by atoms with van der Waals surface area (Å²) in [5.74, 6) is -1.13. The van der Waals surface area contributed by atoms with Crippen molar-refractivity contribution in [2.24, 2.45) is 0 Å². The van der Waals surface area contributed by atoms with Crippen LogP contribution in [0.3, 0.4) is 0 Å². The van der Waals surface area contributed by atoms with Crippen LogP contribution in [0.25, 0.3) is 5.57 Å². The number of esters is 2. The van der Waals surface area contributed by atoms with Crippen molar-refractivity contribution in [1.29, 1.82) is 0 Å².